The Kier molecular flexibility index (Phi) is 6.11. The molecule has 0 saturated heterocycles. The highest BCUT2D eigenvalue weighted by molar-refractivity contribution is 9.10. The third kappa shape index (κ3) is 4.64. The molecule has 1 atom stereocenters. The van der Waals surface area contributed by atoms with Gasteiger partial charge in [0.2, 0.25) is 0 Å². The number of ether oxygens (including phenoxy) is 1. The van der Waals surface area contributed by atoms with Crippen molar-refractivity contribution in [3.63, 3.8) is 0 Å². The van der Waals surface area contributed by atoms with Gasteiger partial charge in [0.05, 0.1) is 6.61 Å². The molecule has 20 heavy (non-hydrogen) atoms. The van der Waals surface area contributed by atoms with Gasteiger partial charge in [-0.1, -0.05) is 61.7 Å². The number of benzene rings is 2. The lowest BCUT2D eigenvalue weighted by molar-refractivity contribution is 0.301. The average molecular weight is 398 g/mol. The highest BCUT2D eigenvalue weighted by atomic mass is 79.9. The summed E-state index contributed by atoms with van der Waals surface area (Å²) in [6, 6.07) is 16.7. The molecule has 2 aromatic carbocycles. The van der Waals surface area contributed by atoms with E-state index in [1.807, 2.05) is 24.3 Å². The minimum absolute atomic E-state index is 0.491. The number of rotatable bonds is 6. The third-order valence-electron chi connectivity index (χ3n) is 3.25. The van der Waals surface area contributed by atoms with E-state index >= 15 is 0 Å². The molecule has 0 heterocycles. The van der Waals surface area contributed by atoms with E-state index in [-0.39, 0.29) is 0 Å². The second kappa shape index (κ2) is 7.84. The zero-order valence-electron chi connectivity index (χ0n) is 11.5. The molecule has 0 aliphatic rings. The van der Waals surface area contributed by atoms with E-state index in [0.29, 0.717) is 5.92 Å². The van der Waals surface area contributed by atoms with Crippen LogP contribution in [-0.2, 0) is 0 Å². The summed E-state index contributed by atoms with van der Waals surface area (Å²) < 4.78 is 6.88. The van der Waals surface area contributed by atoms with Gasteiger partial charge in [0.1, 0.15) is 5.75 Å². The topological polar surface area (TPSA) is 9.23 Å². The predicted molar refractivity (Wildman–Crippen MR) is 92.0 cm³/mol. The molecule has 0 saturated carbocycles. The van der Waals surface area contributed by atoms with Crippen LogP contribution in [0, 0.1) is 6.92 Å². The fourth-order valence-electron chi connectivity index (χ4n) is 2.11. The standard InChI is InChI=1S/C17H18Br2O/c1-13-3-2-4-14(11-13)15(12-18)9-10-20-17-7-5-16(19)6-8-17/h2-8,11,15H,9-10,12H2,1H3. The Morgan fingerprint density at radius 1 is 1.10 bits per heavy atom. The first-order chi connectivity index (χ1) is 9.69. The van der Waals surface area contributed by atoms with Crippen molar-refractivity contribution in [2.45, 2.75) is 19.3 Å². The predicted octanol–water partition coefficient (Wildman–Crippen LogP) is 5.71. The van der Waals surface area contributed by atoms with Crippen molar-refractivity contribution in [1.29, 1.82) is 0 Å². The second-order valence-corrected chi connectivity index (χ2v) is 6.42. The minimum atomic E-state index is 0.491. The summed E-state index contributed by atoms with van der Waals surface area (Å²) >= 11 is 7.03. The maximum Gasteiger partial charge on any atom is 0.119 e. The molecule has 0 amide bonds. The fourth-order valence-corrected chi connectivity index (χ4v) is 3.07. The zero-order valence-corrected chi connectivity index (χ0v) is 14.7. The summed E-state index contributed by atoms with van der Waals surface area (Å²) in [5.74, 6) is 1.41. The molecule has 0 radical (unpaired) electrons. The smallest absolute Gasteiger partial charge is 0.119 e. The first-order valence-corrected chi connectivity index (χ1v) is 8.61. The Hall–Kier alpha value is -0.800. The van der Waals surface area contributed by atoms with E-state index in [2.05, 4.69) is 63.0 Å². The van der Waals surface area contributed by atoms with Crippen LogP contribution in [0.4, 0.5) is 0 Å². The Labute approximate surface area is 137 Å². The van der Waals surface area contributed by atoms with Crippen molar-refractivity contribution in [1.82, 2.24) is 0 Å². The molecule has 2 rings (SSSR count). The molecular formula is C17H18Br2O. The average Bonchev–Trinajstić information content (AvgIpc) is 2.45. The maximum atomic E-state index is 5.80. The van der Waals surface area contributed by atoms with Crippen molar-refractivity contribution in [3.05, 3.63) is 64.1 Å². The van der Waals surface area contributed by atoms with Gasteiger partial charge in [-0.05, 0) is 49.1 Å². The number of hydrogen-bond donors (Lipinski definition) is 0. The Morgan fingerprint density at radius 3 is 2.50 bits per heavy atom. The van der Waals surface area contributed by atoms with Gasteiger partial charge in [0.25, 0.3) is 0 Å². The van der Waals surface area contributed by atoms with E-state index < -0.39 is 0 Å². The van der Waals surface area contributed by atoms with Gasteiger partial charge in [-0.25, -0.2) is 0 Å². The summed E-state index contributed by atoms with van der Waals surface area (Å²) in [7, 11) is 0. The number of halogens is 2. The lowest BCUT2D eigenvalue weighted by atomic mass is 9.97. The summed E-state index contributed by atoms with van der Waals surface area (Å²) in [6.07, 6.45) is 1.00. The van der Waals surface area contributed by atoms with Crippen LogP contribution in [0.3, 0.4) is 0 Å². The van der Waals surface area contributed by atoms with Crippen LogP contribution >= 0.6 is 31.9 Å². The molecule has 0 fully saturated rings. The molecule has 1 nitrogen and oxygen atoms in total. The van der Waals surface area contributed by atoms with Crippen molar-refractivity contribution in [2.24, 2.45) is 0 Å². The summed E-state index contributed by atoms with van der Waals surface area (Å²) in [5.41, 5.74) is 2.68. The normalized spacial score (nSPS) is 12.2. The molecule has 2 aromatic rings. The zero-order chi connectivity index (χ0) is 14.4. The number of alkyl halides is 1. The van der Waals surface area contributed by atoms with Crippen molar-refractivity contribution in [3.8, 4) is 5.75 Å². The molecule has 3 heteroatoms. The monoisotopic (exact) mass is 396 g/mol. The van der Waals surface area contributed by atoms with E-state index in [0.717, 1.165) is 28.6 Å². The highest BCUT2D eigenvalue weighted by Gasteiger charge is 2.10. The van der Waals surface area contributed by atoms with Crippen LogP contribution in [0.25, 0.3) is 0 Å². The third-order valence-corrected chi connectivity index (χ3v) is 4.56. The Morgan fingerprint density at radius 2 is 1.85 bits per heavy atom. The van der Waals surface area contributed by atoms with Gasteiger partial charge in [0.15, 0.2) is 0 Å². The lowest BCUT2D eigenvalue weighted by Crippen LogP contribution is -2.07. The van der Waals surface area contributed by atoms with Crippen molar-refractivity contribution < 1.29 is 4.74 Å². The van der Waals surface area contributed by atoms with Crippen LogP contribution in [-0.4, -0.2) is 11.9 Å². The van der Waals surface area contributed by atoms with Crippen LogP contribution in [0.2, 0.25) is 0 Å². The minimum Gasteiger partial charge on any atom is -0.494 e. The summed E-state index contributed by atoms with van der Waals surface area (Å²) in [5, 5.41) is 0.958. The van der Waals surface area contributed by atoms with Gasteiger partial charge in [-0.15, -0.1) is 0 Å². The Balaban J connectivity index is 1.89. The van der Waals surface area contributed by atoms with Gasteiger partial charge >= 0.3 is 0 Å². The van der Waals surface area contributed by atoms with E-state index in [4.69, 9.17) is 4.74 Å². The SMILES string of the molecule is Cc1cccc(C(CBr)CCOc2ccc(Br)cc2)c1. The molecule has 0 N–H and O–H groups in total. The molecule has 0 aliphatic heterocycles. The molecule has 0 aromatic heterocycles. The van der Waals surface area contributed by atoms with E-state index in [1.54, 1.807) is 0 Å². The van der Waals surface area contributed by atoms with Gasteiger partial charge in [-0.3, -0.25) is 0 Å². The largest absolute Gasteiger partial charge is 0.494 e. The van der Waals surface area contributed by atoms with Crippen LogP contribution < -0.4 is 4.74 Å². The quantitative estimate of drug-likeness (QED) is 0.567. The first kappa shape index (κ1) is 15.6. The van der Waals surface area contributed by atoms with Crippen molar-refractivity contribution in [2.75, 3.05) is 11.9 Å². The highest BCUT2D eigenvalue weighted by Crippen LogP contribution is 2.24. The Bertz CT molecular complexity index is 537. The van der Waals surface area contributed by atoms with Crippen molar-refractivity contribution >= 4 is 31.9 Å². The van der Waals surface area contributed by atoms with Crippen LogP contribution in [0.5, 0.6) is 5.75 Å². The summed E-state index contributed by atoms with van der Waals surface area (Å²) in [4.78, 5) is 0. The first-order valence-electron chi connectivity index (χ1n) is 6.70. The number of aryl methyl sites for hydroxylation is 1. The van der Waals surface area contributed by atoms with Gasteiger partial charge in [0, 0.05) is 9.80 Å². The molecule has 1 unspecified atom stereocenters. The maximum absolute atomic E-state index is 5.80. The molecule has 0 aliphatic carbocycles. The number of hydrogen-bond acceptors (Lipinski definition) is 1. The molecule has 106 valence electrons. The van der Waals surface area contributed by atoms with E-state index in [9.17, 15) is 0 Å². The van der Waals surface area contributed by atoms with E-state index in [1.165, 1.54) is 11.1 Å². The van der Waals surface area contributed by atoms with Gasteiger partial charge in [-0.2, -0.15) is 0 Å². The molecule has 0 bridgehead atoms. The second-order valence-electron chi connectivity index (χ2n) is 4.86. The fraction of sp³-hybridized carbons (Fsp3) is 0.294. The van der Waals surface area contributed by atoms with Crippen LogP contribution in [0.15, 0.2) is 53.0 Å². The lowest BCUT2D eigenvalue weighted by Gasteiger charge is -2.15. The van der Waals surface area contributed by atoms with Crippen LogP contribution in [0.1, 0.15) is 23.5 Å². The summed E-state index contributed by atoms with van der Waals surface area (Å²) in [6.45, 7) is 2.86. The van der Waals surface area contributed by atoms with Gasteiger partial charge < -0.3 is 4.74 Å². The molecule has 0 spiro atoms. The molecular weight excluding hydrogens is 380 g/mol.